The summed E-state index contributed by atoms with van der Waals surface area (Å²) in [7, 11) is 0. The molecule has 1 aromatic rings. The van der Waals surface area contributed by atoms with Crippen molar-refractivity contribution < 1.29 is 0 Å². The number of benzene rings is 1. The first kappa shape index (κ1) is 17.0. The van der Waals surface area contributed by atoms with Crippen molar-refractivity contribution in [1.82, 2.24) is 0 Å². The normalized spacial score (nSPS) is 10.6. The Morgan fingerprint density at radius 3 is 2.10 bits per heavy atom. The zero-order valence-corrected chi connectivity index (χ0v) is 15.9. The molecule has 0 aliphatic rings. The van der Waals surface area contributed by atoms with Gasteiger partial charge in [0.15, 0.2) is 0 Å². The van der Waals surface area contributed by atoms with E-state index in [9.17, 15) is 5.26 Å². The second-order valence-electron chi connectivity index (χ2n) is 5.26. The summed E-state index contributed by atoms with van der Waals surface area (Å²) < 4.78 is 8.37. The fourth-order valence-electron chi connectivity index (χ4n) is 2.19. The SMILES string of the molecule is C[CH2][Sn]([CH2]C)([CH2]C)[N]=C=C(C#N)Cc1ccc(C)cc1. The summed E-state index contributed by atoms with van der Waals surface area (Å²) in [6.07, 6.45) is 0.638. The molecular formula is C17H24N2Sn. The Kier molecular flexibility index (Phi) is 7.05. The van der Waals surface area contributed by atoms with Crippen LogP contribution in [0, 0.1) is 18.3 Å². The summed E-state index contributed by atoms with van der Waals surface area (Å²) in [4.78, 5) is 0. The van der Waals surface area contributed by atoms with E-state index in [1.807, 2.05) is 0 Å². The Bertz CT molecular complexity index is 519. The fraction of sp³-hybridized carbons (Fsp3) is 0.471. The van der Waals surface area contributed by atoms with E-state index in [1.54, 1.807) is 0 Å². The van der Waals surface area contributed by atoms with E-state index < -0.39 is 18.7 Å². The minimum absolute atomic E-state index is 0.638. The van der Waals surface area contributed by atoms with Gasteiger partial charge < -0.3 is 0 Å². The number of aryl methyl sites for hydroxylation is 1. The summed E-state index contributed by atoms with van der Waals surface area (Å²) >= 11 is -2.36. The van der Waals surface area contributed by atoms with Crippen LogP contribution in [0.5, 0.6) is 0 Å². The maximum atomic E-state index is 9.27. The predicted octanol–water partition coefficient (Wildman–Crippen LogP) is 4.66. The van der Waals surface area contributed by atoms with E-state index >= 15 is 0 Å². The van der Waals surface area contributed by atoms with Gasteiger partial charge in [-0.15, -0.1) is 0 Å². The van der Waals surface area contributed by atoms with Crippen molar-refractivity contribution in [1.29, 1.82) is 5.26 Å². The average molecular weight is 375 g/mol. The Hall–Kier alpha value is -1.04. The molecule has 1 aromatic carbocycles. The van der Waals surface area contributed by atoms with Gasteiger partial charge in [-0.2, -0.15) is 0 Å². The van der Waals surface area contributed by atoms with Gasteiger partial charge in [-0.25, -0.2) is 0 Å². The Labute approximate surface area is 127 Å². The summed E-state index contributed by atoms with van der Waals surface area (Å²) in [5.74, 6) is 3.10. The standard InChI is InChI=1S/C11H9N2.3C2H5.Sn/c1-9-2-4-10(5-3-9)6-11(7-12)8-13;3*1-2;/h2-5H,6H2,1H3;3*1H2,2H3;/q-1;;;;+1. The van der Waals surface area contributed by atoms with Crippen LogP contribution >= 0.6 is 0 Å². The molecule has 20 heavy (non-hydrogen) atoms. The van der Waals surface area contributed by atoms with Crippen LogP contribution in [0.1, 0.15) is 31.9 Å². The van der Waals surface area contributed by atoms with E-state index in [2.05, 4.69) is 63.9 Å². The second-order valence-corrected chi connectivity index (χ2v) is 18.9. The topological polar surface area (TPSA) is 36.1 Å². The first-order valence-electron chi connectivity index (χ1n) is 7.38. The maximum absolute atomic E-state index is 9.27. The molecule has 0 heterocycles. The summed E-state index contributed by atoms with van der Waals surface area (Å²) in [6, 6.07) is 10.6. The molecule has 0 radical (unpaired) electrons. The molecule has 0 spiro atoms. The number of rotatable bonds is 6. The van der Waals surface area contributed by atoms with E-state index in [-0.39, 0.29) is 0 Å². The minimum atomic E-state index is -2.36. The zero-order valence-electron chi connectivity index (χ0n) is 13.0. The molecule has 0 bridgehead atoms. The molecule has 0 unspecified atom stereocenters. The molecule has 3 heteroatoms. The van der Waals surface area contributed by atoms with Crippen LogP contribution in [0.4, 0.5) is 0 Å². The van der Waals surface area contributed by atoms with Crippen LogP contribution in [0.15, 0.2) is 33.1 Å². The molecule has 0 aromatic heterocycles. The van der Waals surface area contributed by atoms with Gasteiger partial charge in [0.1, 0.15) is 0 Å². The van der Waals surface area contributed by atoms with Gasteiger partial charge in [0.2, 0.25) is 0 Å². The van der Waals surface area contributed by atoms with Gasteiger partial charge in [-0.05, 0) is 0 Å². The number of hydrogen-bond acceptors (Lipinski definition) is 2. The molecule has 0 fully saturated rings. The van der Waals surface area contributed by atoms with Crippen molar-refractivity contribution in [2.24, 2.45) is 3.21 Å². The third kappa shape index (κ3) is 4.81. The molecule has 0 aliphatic carbocycles. The van der Waals surface area contributed by atoms with Crippen molar-refractivity contribution in [3.8, 4) is 6.07 Å². The average Bonchev–Trinajstić information content (AvgIpc) is 2.50. The van der Waals surface area contributed by atoms with E-state index in [0.717, 1.165) is 5.56 Å². The van der Waals surface area contributed by atoms with Crippen molar-refractivity contribution >= 4 is 24.5 Å². The molecular weight excluding hydrogens is 351 g/mol. The summed E-state index contributed by atoms with van der Waals surface area (Å²) in [5.41, 5.74) is 3.05. The number of allylic oxidation sites excluding steroid dienone is 1. The molecule has 0 saturated heterocycles. The van der Waals surface area contributed by atoms with E-state index in [4.69, 9.17) is 3.21 Å². The molecule has 106 valence electrons. The van der Waals surface area contributed by atoms with E-state index in [1.165, 1.54) is 18.9 Å². The van der Waals surface area contributed by atoms with Crippen LogP contribution in [-0.4, -0.2) is 24.5 Å². The Morgan fingerprint density at radius 1 is 1.10 bits per heavy atom. The van der Waals surface area contributed by atoms with Gasteiger partial charge in [-0.3, -0.25) is 0 Å². The fourth-order valence-corrected chi connectivity index (χ4v) is 8.88. The molecule has 0 aliphatic heterocycles. The first-order valence-corrected chi connectivity index (χ1v) is 14.7. The van der Waals surface area contributed by atoms with E-state index in [0.29, 0.717) is 12.0 Å². The number of hydrogen-bond donors (Lipinski definition) is 0. The molecule has 0 amide bonds. The van der Waals surface area contributed by atoms with Crippen LogP contribution in [-0.2, 0) is 6.42 Å². The molecule has 0 saturated carbocycles. The van der Waals surface area contributed by atoms with Crippen molar-refractivity contribution in [2.45, 2.75) is 47.4 Å². The molecule has 0 atom stereocenters. The van der Waals surface area contributed by atoms with Gasteiger partial charge in [0.05, 0.1) is 0 Å². The molecule has 2 nitrogen and oxygen atoms in total. The molecule has 1 rings (SSSR count). The Morgan fingerprint density at radius 2 is 1.65 bits per heavy atom. The third-order valence-electron chi connectivity index (χ3n) is 4.04. The van der Waals surface area contributed by atoms with Crippen LogP contribution in [0.2, 0.25) is 13.3 Å². The van der Waals surface area contributed by atoms with Crippen molar-refractivity contribution in [3.63, 3.8) is 0 Å². The summed E-state index contributed by atoms with van der Waals surface area (Å²) in [5, 5.41) is 9.27. The third-order valence-corrected chi connectivity index (χ3v) is 17.0. The van der Waals surface area contributed by atoms with Crippen LogP contribution < -0.4 is 0 Å². The quantitative estimate of drug-likeness (QED) is 0.405. The van der Waals surface area contributed by atoms with Crippen LogP contribution in [0.25, 0.3) is 0 Å². The summed E-state index contributed by atoms with van der Waals surface area (Å²) in [6.45, 7) is 8.78. The second kappa shape index (κ2) is 8.29. The number of nitriles is 1. The zero-order chi connectivity index (χ0) is 15.0. The van der Waals surface area contributed by atoms with Gasteiger partial charge in [0.25, 0.3) is 0 Å². The van der Waals surface area contributed by atoms with Crippen molar-refractivity contribution in [2.75, 3.05) is 0 Å². The predicted molar refractivity (Wildman–Crippen MR) is 88.6 cm³/mol. The van der Waals surface area contributed by atoms with Crippen molar-refractivity contribution in [3.05, 3.63) is 41.0 Å². The van der Waals surface area contributed by atoms with Crippen LogP contribution in [0.3, 0.4) is 0 Å². The molecule has 0 N–H and O–H groups in total. The monoisotopic (exact) mass is 376 g/mol. The van der Waals surface area contributed by atoms with Gasteiger partial charge in [0, 0.05) is 0 Å². The van der Waals surface area contributed by atoms with Gasteiger partial charge in [-0.1, -0.05) is 0 Å². The van der Waals surface area contributed by atoms with Gasteiger partial charge >= 0.3 is 127 Å². The first-order chi connectivity index (χ1) is 9.59. The number of nitrogens with zero attached hydrogens (tertiary/aromatic N) is 2. The Balaban J connectivity index is 2.98.